The van der Waals surface area contributed by atoms with Gasteiger partial charge in [0.05, 0.1) is 5.27 Å². The Morgan fingerprint density at radius 1 is 1.47 bits per heavy atom. The van der Waals surface area contributed by atoms with Gasteiger partial charge in [0.2, 0.25) is 0 Å². The minimum absolute atomic E-state index is 0.0121. The van der Waals surface area contributed by atoms with E-state index in [1.54, 1.807) is 0 Å². The zero-order valence-electron chi connectivity index (χ0n) is 6.93. The van der Waals surface area contributed by atoms with Gasteiger partial charge in [0.25, 0.3) is 16.8 Å². The van der Waals surface area contributed by atoms with Gasteiger partial charge >= 0.3 is 5.89 Å². The average molecular weight is 214 g/mol. The number of nitrogens with zero attached hydrogens (tertiary/aromatic N) is 6. The van der Waals surface area contributed by atoms with E-state index >= 15 is 0 Å². The first kappa shape index (κ1) is 8.98. The van der Waals surface area contributed by atoms with Crippen LogP contribution in [0.3, 0.4) is 0 Å². The van der Waals surface area contributed by atoms with E-state index in [-0.39, 0.29) is 17.6 Å². The van der Waals surface area contributed by atoms with Gasteiger partial charge in [-0.05, 0) is 5.21 Å². The molecular weight excluding hydrogens is 212 g/mol. The van der Waals surface area contributed by atoms with Crippen molar-refractivity contribution in [3.05, 3.63) is 16.0 Å². The van der Waals surface area contributed by atoms with Crippen molar-refractivity contribution in [1.82, 2.24) is 25.7 Å². The van der Waals surface area contributed by atoms with Gasteiger partial charge in [0.15, 0.2) is 6.61 Å². The van der Waals surface area contributed by atoms with Crippen molar-refractivity contribution in [2.24, 2.45) is 0 Å². The molecule has 0 unspecified atom stereocenters. The van der Waals surface area contributed by atoms with Crippen LogP contribution in [0, 0.1) is 10.1 Å². The molecule has 2 heterocycles. The molecule has 11 nitrogen and oxygen atoms in total. The predicted molar refractivity (Wildman–Crippen MR) is 37.2 cm³/mol. The van der Waals surface area contributed by atoms with Crippen molar-refractivity contribution < 1.29 is 19.0 Å². The van der Waals surface area contributed by atoms with Gasteiger partial charge in [0.1, 0.15) is 0 Å². The maximum Gasteiger partial charge on any atom is 0.319 e. The Labute approximate surface area is 80.1 Å². The van der Waals surface area contributed by atoms with Crippen LogP contribution in [-0.2, 0) is 11.4 Å². The van der Waals surface area contributed by atoms with Crippen molar-refractivity contribution in [2.45, 2.75) is 6.61 Å². The van der Waals surface area contributed by atoms with Crippen LogP contribution in [-0.4, -0.2) is 30.8 Å². The summed E-state index contributed by atoms with van der Waals surface area (Å²) < 4.78 is 9.12. The Morgan fingerprint density at radius 2 is 2.33 bits per heavy atom. The zero-order valence-corrected chi connectivity index (χ0v) is 6.93. The lowest BCUT2D eigenvalue weighted by Gasteiger charge is -1.89. The molecule has 0 amide bonds. The van der Waals surface area contributed by atoms with E-state index in [4.69, 9.17) is 0 Å². The van der Waals surface area contributed by atoms with Gasteiger partial charge in [-0.25, -0.2) is 0 Å². The van der Waals surface area contributed by atoms with Crippen LogP contribution in [0.4, 0.5) is 0 Å². The van der Waals surface area contributed by atoms with E-state index in [0.717, 1.165) is 0 Å². The Balaban J connectivity index is 2.08. The summed E-state index contributed by atoms with van der Waals surface area (Å²) in [4.78, 5) is 17.5. The van der Waals surface area contributed by atoms with Crippen LogP contribution in [0.1, 0.15) is 5.89 Å². The first-order chi connectivity index (χ1) is 7.25. The van der Waals surface area contributed by atoms with Gasteiger partial charge in [-0.2, -0.15) is 4.98 Å². The molecule has 0 fully saturated rings. The van der Waals surface area contributed by atoms with E-state index in [1.165, 1.54) is 0 Å². The van der Waals surface area contributed by atoms with Gasteiger partial charge in [-0.1, -0.05) is 10.3 Å². The summed E-state index contributed by atoms with van der Waals surface area (Å²) in [5, 5.41) is 21.9. The quantitative estimate of drug-likeness (QED) is 0.469. The molecule has 0 saturated heterocycles. The van der Waals surface area contributed by atoms with Crippen LogP contribution in [0.25, 0.3) is 11.7 Å². The minimum Gasteiger partial charge on any atom is -0.337 e. The van der Waals surface area contributed by atoms with Gasteiger partial charge < -0.3 is 13.9 Å². The lowest BCUT2D eigenvalue weighted by atomic mass is 10.6. The third kappa shape index (κ3) is 2.01. The third-order valence-corrected chi connectivity index (χ3v) is 1.25. The molecule has 2 aromatic rings. The van der Waals surface area contributed by atoms with Crippen LogP contribution in [0.5, 0.6) is 0 Å². The van der Waals surface area contributed by atoms with Crippen molar-refractivity contribution in [2.75, 3.05) is 0 Å². The first-order valence-corrected chi connectivity index (χ1v) is 3.51. The third-order valence-electron chi connectivity index (χ3n) is 1.25. The Hall–Kier alpha value is -2.59. The molecule has 0 N–H and O–H groups in total. The van der Waals surface area contributed by atoms with Crippen molar-refractivity contribution in [3.8, 4) is 11.7 Å². The van der Waals surface area contributed by atoms with E-state index in [9.17, 15) is 10.1 Å². The number of hydrogen-bond donors (Lipinski definition) is 0. The molecule has 0 atom stereocenters. The smallest absolute Gasteiger partial charge is 0.319 e. The van der Waals surface area contributed by atoms with Crippen LogP contribution < -0.4 is 0 Å². The summed E-state index contributed by atoms with van der Waals surface area (Å²) in [5.41, 5.74) is 0. The van der Waals surface area contributed by atoms with Crippen molar-refractivity contribution in [3.63, 3.8) is 0 Å². The summed E-state index contributed by atoms with van der Waals surface area (Å²) in [5.74, 6) is -0.145. The second-order valence-electron chi connectivity index (χ2n) is 2.18. The highest BCUT2D eigenvalue weighted by atomic mass is 17.0. The second-order valence-corrected chi connectivity index (χ2v) is 2.18. The summed E-state index contributed by atoms with van der Waals surface area (Å²) in [6.07, 6.45) is 0. The van der Waals surface area contributed by atoms with Crippen molar-refractivity contribution in [1.29, 1.82) is 0 Å². The molecule has 15 heavy (non-hydrogen) atoms. The van der Waals surface area contributed by atoms with Crippen LogP contribution >= 0.6 is 0 Å². The maximum absolute atomic E-state index is 9.85. The minimum atomic E-state index is -0.974. The summed E-state index contributed by atoms with van der Waals surface area (Å²) in [6.45, 7) is -0.443. The molecule has 0 aromatic carbocycles. The Bertz CT molecular complexity index is 450. The highest BCUT2D eigenvalue weighted by molar-refractivity contribution is 5.35. The maximum atomic E-state index is 9.85. The monoisotopic (exact) mass is 214 g/mol. The molecule has 78 valence electrons. The molecule has 0 radical (unpaired) electrons. The molecular formula is C4H2N6O5. The number of rotatable bonds is 4. The van der Waals surface area contributed by atoms with E-state index in [0.29, 0.717) is 0 Å². The molecule has 2 rings (SSSR count). The Kier molecular flexibility index (Phi) is 2.19. The molecule has 0 aliphatic rings. The number of hydrogen-bond acceptors (Lipinski definition) is 10. The summed E-state index contributed by atoms with van der Waals surface area (Å²) in [6, 6.07) is 0. The molecule has 0 spiro atoms. The summed E-state index contributed by atoms with van der Waals surface area (Å²) in [7, 11) is 0. The van der Waals surface area contributed by atoms with Crippen molar-refractivity contribution >= 4 is 0 Å². The molecule has 0 aliphatic heterocycles. The predicted octanol–water partition coefficient (Wildman–Crippen LogP) is -0.777. The lowest BCUT2D eigenvalue weighted by molar-refractivity contribution is -0.763. The highest BCUT2D eigenvalue weighted by Crippen LogP contribution is 2.10. The van der Waals surface area contributed by atoms with E-state index in [2.05, 4.69) is 39.6 Å². The second kappa shape index (κ2) is 3.65. The molecule has 0 bridgehead atoms. The van der Waals surface area contributed by atoms with E-state index < -0.39 is 11.7 Å². The lowest BCUT2D eigenvalue weighted by Crippen LogP contribution is -2.00. The topological polar surface area (TPSA) is 143 Å². The molecule has 0 aliphatic carbocycles. The van der Waals surface area contributed by atoms with Gasteiger partial charge in [-0.3, -0.25) is 0 Å². The molecule has 0 saturated carbocycles. The normalized spacial score (nSPS) is 10.1. The van der Waals surface area contributed by atoms with Crippen LogP contribution in [0.2, 0.25) is 0 Å². The highest BCUT2D eigenvalue weighted by Gasteiger charge is 2.14. The fourth-order valence-electron chi connectivity index (χ4n) is 0.728. The van der Waals surface area contributed by atoms with Gasteiger partial charge in [-0.15, -0.1) is 10.1 Å². The van der Waals surface area contributed by atoms with Crippen LogP contribution in [0.15, 0.2) is 9.05 Å². The molecule has 2 aromatic heterocycles. The molecule has 11 heteroatoms. The fraction of sp³-hybridized carbons (Fsp3) is 0.250. The van der Waals surface area contributed by atoms with Gasteiger partial charge in [0, 0.05) is 0 Å². The largest absolute Gasteiger partial charge is 0.337 e. The first-order valence-electron chi connectivity index (χ1n) is 3.51. The standard InChI is InChI=1S/C4H2N6O5/c11-10(12)13-1-2-5-3(7-14-2)4-6-8-9-15-4/h1H2. The Morgan fingerprint density at radius 3 is 3.00 bits per heavy atom. The van der Waals surface area contributed by atoms with E-state index in [1.807, 2.05) is 0 Å². The zero-order chi connectivity index (χ0) is 10.7. The average Bonchev–Trinajstić information content (AvgIpc) is 2.85. The fourth-order valence-corrected chi connectivity index (χ4v) is 0.728. The number of aromatic nitrogens is 5. The SMILES string of the molecule is O=[N+]([O-])OCc1nc(-c2nnno2)no1. The summed E-state index contributed by atoms with van der Waals surface area (Å²) >= 11 is 0.